The molecular weight excluding hydrogens is 206 g/mol. The van der Waals surface area contributed by atoms with Crippen molar-refractivity contribution in [3.63, 3.8) is 0 Å². The lowest BCUT2D eigenvalue weighted by Crippen LogP contribution is -2.28. The number of hydrogen-bond acceptors (Lipinski definition) is 1. The lowest BCUT2D eigenvalue weighted by Gasteiger charge is -2.26. The molecule has 1 aromatic carbocycles. The molecule has 1 N–H and O–H groups in total. The molecule has 0 amide bonds. The molecule has 2 rings (SSSR count). The van der Waals surface area contributed by atoms with Crippen LogP contribution in [0.15, 0.2) is 24.3 Å². The zero-order valence-electron chi connectivity index (χ0n) is 11.4. The Morgan fingerprint density at radius 2 is 1.94 bits per heavy atom. The van der Waals surface area contributed by atoms with Gasteiger partial charge in [-0.15, -0.1) is 0 Å². The van der Waals surface area contributed by atoms with E-state index in [1.54, 1.807) is 0 Å². The summed E-state index contributed by atoms with van der Waals surface area (Å²) in [5.74, 6) is 0.725. The molecule has 1 aliphatic rings. The normalized spacial score (nSPS) is 21.5. The summed E-state index contributed by atoms with van der Waals surface area (Å²) in [6, 6.07) is 9.33. The Morgan fingerprint density at radius 1 is 1.24 bits per heavy atom. The van der Waals surface area contributed by atoms with Crippen molar-refractivity contribution in [3.05, 3.63) is 35.4 Å². The molecule has 0 spiro atoms. The predicted octanol–water partition coefficient (Wildman–Crippen LogP) is 3.84. The van der Waals surface area contributed by atoms with E-state index in [-0.39, 0.29) is 0 Å². The SMILES string of the molecule is CCC(C)(C)c1ccc(C2CCCNC2)cc1. The average molecular weight is 231 g/mol. The van der Waals surface area contributed by atoms with E-state index in [1.165, 1.54) is 36.9 Å². The Morgan fingerprint density at radius 3 is 2.47 bits per heavy atom. The van der Waals surface area contributed by atoms with E-state index in [0.29, 0.717) is 5.41 Å². The standard InChI is InChI=1S/C16H25N/c1-4-16(2,3)15-9-7-13(8-10-15)14-6-5-11-17-12-14/h7-10,14,17H,4-6,11-12H2,1-3H3. The molecule has 0 bridgehead atoms. The van der Waals surface area contributed by atoms with E-state index < -0.39 is 0 Å². The van der Waals surface area contributed by atoms with E-state index >= 15 is 0 Å². The Hall–Kier alpha value is -0.820. The van der Waals surface area contributed by atoms with Crippen molar-refractivity contribution >= 4 is 0 Å². The van der Waals surface area contributed by atoms with Crippen LogP contribution in [0.4, 0.5) is 0 Å². The number of piperidine rings is 1. The highest BCUT2D eigenvalue weighted by Crippen LogP contribution is 2.29. The summed E-state index contributed by atoms with van der Waals surface area (Å²) in [5.41, 5.74) is 3.28. The first-order valence-electron chi connectivity index (χ1n) is 6.94. The van der Waals surface area contributed by atoms with Crippen LogP contribution >= 0.6 is 0 Å². The Labute approximate surface area is 106 Å². The molecule has 0 radical (unpaired) electrons. The molecule has 94 valence electrons. The Balaban J connectivity index is 2.12. The minimum atomic E-state index is 0.309. The maximum absolute atomic E-state index is 3.49. The molecule has 1 fully saturated rings. The maximum atomic E-state index is 3.49. The van der Waals surface area contributed by atoms with Crippen molar-refractivity contribution in [1.29, 1.82) is 0 Å². The molecule has 1 nitrogen and oxygen atoms in total. The van der Waals surface area contributed by atoms with Gasteiger partial charge >= 0.3 is 0 Å². The molecule has 0 aliphatic carbocycles. The highest BCUT2D eigenvalue weighted by Gasteiger charge is 2.19. The van der Waals surface area contributed by atoms with Crippen molar-refractivity contribution < 1.29 is 0 Å². The van der Waals surface area contributed by atoms with Gasteiger partial charge in [-0.2, -0.15) is 0 Å². The first kappa shape index (κ1) is 12.6. The fourth-order valence-electron chi connectivity index (χ4n) is 2.55. The van der Waals surface area contributed by atoms with Gasteiger partial charge in [0.1, 0.15) is 0 Å². The fourth-order valence-corrected chi connectivity index (χ4v) is 2.55. The zero-order valence-corrected chi connectivity index (χ0v) is 11.4. The van der Waals surface area contributed by atoms with Crippen LogP contribution in [-0.4, -0.2) is 13.1 Å². The molecule has 1 aromatic rings. The second-order valence-electron chi connectivity index (χ2n) is 5.90. The third kappa shape index (κ3) is 2.90. The zero-order chi connectivity index (χ0) is 12.3. The minimum Gasteiger partial charge on any atom is -0.316 e. The predicted molar refractivity (Wildman–Crippen MR) is 74.6 cm³/mol. The summed E-state index contributed by atoms with van der Waals surface area (Å²) < 4.78 is 0. The summed E-state index contributed by atoms with van der Waals surface area (Å²) in [5, 5.41) is 3.49. The van der Waals surface area contributed by atoms with Crippen LogP contribution in [0.25, 0.3) is 0 Å². The number of rotatable bonds is 3. The van der Waals surface area contributed by atoms with Crippen molar-refractivity contribution in [1.82, 2.24) is 5.32 Å². The van der Waals surface area contributed by atoms with E-state index in [1.807, 2.05) is 0 Å². The number of benzene rings is 1. The molecular formula is C16H25N. The lowest BCUT2D eigenvalue weighted by molar-refractivity contribution is 0.460. The maximum Gasteiger partial charge on any atom is 0.00201 e. The van der Waals surface area contributed by atoms with E-state index in [2.05, 4.69) is 50.4 Å². The summed E-state index contributed by atoms with van der Waals surface area (Å²) >= 11 is 0. The van der Waals surface area contributed by atoms with Gasteiger partial charge in [0.2, 0.25) is 0 Å². The third-order valence-electron chi connectivity index (χ3n) is 4.34. The highest BCUT2D eigenvalue weighted by molar-refractivity contribution is 5.30. The summed E-state index contributed by atoms with van der Waals surface area (Å²) in [6.07, 6.45) is 3.84. The topological polar surface area (TPSA) is 12.0 Å². The van der Waals surface area contributed by atoms with Gasteiger partial charge in [-0.3, -0.25) is 0 Å². The summed E-state index contributed by atoms with van der Waals surface area (Å²) in [4.78, 5) is 0. The molecule has 1 heterocycles. The second-order valence-corrected chi connectivity index (χ2v) is 5.90. The monoisotopic (exact) mass is 231 g/mol. The summed E-state index contributed by atoms with van der Waals surface area (Å²) in [7, 11) is 0. The molecule has 0 aromatic heterocycles. The van der Waals surface area contributed by atoms with Crippen LogP contribution in [0.3, 0.4) is 0 Å². The quantitative estimate of drug-likeness (QED) is 0.833. The van der Waals surface area contributed by atoms with Gasteiger partial charge in [0.05, 0.1) is 0 Å². The fraction of sp³-hybridized carbons (Fsp3) is 0.625. The largest absolute Gasteiger partial charge is 0.316 e. The first-order chi connectivity index (χ1) is 8.13. The van der Waals surface area contributed by atoms with Crippen LogP contribution in [0.2, 0.25) is 0 Å². The first-order valence-corrected chi connectivity index (χ1v) is 6.94. The minimum absolute atomic E-state index is 0.309. The van der Waals surface area contributed by atoms with Gasteiger partial charge < -0.3 is 5.32 Å². The highest BCUT2D eigenvalue weighted by atomic mass is 14.9. The molecule has 1 atom stereocenters. The lowest BCUT2D eigenvalue weighted by atomic mass is 9.81. The van der Waals surface area contributed by atoms with Crippen LogP contribution in [0.1, 0.15) is 57.1 Å². The second kappa shape index (κ2) is 5.22. The van der Waals surface area contributed by atoms with Crippen molar-refractivity contribution in [2.75, 3.05) is 13.1 Å². The molecule has 1 unspecified atom stereocenters. The average Bonchev–Trinajstić information content (AvgIpc) is 2.40. The smallest absolute Gasteiger partial charge is 0.00201 e. The molecule has 1 aliphatic heterocycles. The van der Waals surface area contributed by atoms with Gasteiger partial charge in [-0.25, -0.2) is 0 Å². The van der Waals surface area contributed by atoms with Gasteiger partial charge in [0.15, 0.2) is 0 Å². The van der Waals surface area contributed by atoms with E-state index in [9.17, 15) is 0 Å². The van der Waals surface area contributed by atoms with Crippen LogP contribution in [-0.2, 0) is 5.41 Å². The molecule has 1 heteroatoms. The van der Waals surface area contributed by atoms with Crippen LogP contribution in [0.5, 0.6) is 0 Å². The van der Waals surface area contributed by atoms with Crippen molar-refractivity contribution in [3.8, 4) is 0 Å². The number of hydrogen-bond donors (Lipinski definition) is 1. The van der Waals surface area contributed by atoms with Gasteiger partial charge in [0, 0.05) is 6.54 Å². The molecule has 0 saturated carbocycles. The Bertz CT molecular complexity index is 344. The molecule has 17 heavy (non-hydrogen) atoms. The van der Waals surface area contributed by atoms with E-state index in [4.69, 9.17) is 0 Å². The molecule has 1 saturated heterocycles. The van der Waals surface area contributed by atoms with Gasteiger partial charge in [-0.05, 0) is 48.3 Å². The van der Waals surface area contributed by atoms with Crippen molar-refractivity contribution in [2.24, 2.45) is 0 Å². The third-order valence-corrected chi connectivity index (χ3v) is 4.34. The van der Waals surface area contributed by atoms with E-state index in [0.717, 1.165) is 12.5 Å². The van der Waals surface area contributed by atoms with Crippen molar-refractivity contribution in [2.45, 2.75) is 51.4 Å². The van der Waals surface area contributed by atoms with Gasteiger partial charge in [-0.1, -0.05) is 45.0 Å². The Kier molecular flexibility index (Phi) is 3.88. The van der Waals surface area contributed by atoms with Gasteiger partial charge in [0.25, 0.3) is 0 Å². The number of nitrogens with one attached hydrogen (secondary N) is 1. The van der Waals surface area contributed by atoms with Crippen LogP contribution in [0, 0.1) is 0 Å². The van der Waals surface area contributed by atoms with Crippen LogP contribution < -0.4 is 5.32 Å². The summed E-state index contributed by atoms with van der Waals surface area (Å²) in [6.45, 7) is 9.25.